The molecule has 0 aliphatic carbocycles. The Balaban J connectivity index is 1.80. The molecule has 2 N–H and O–H groups in total. The van der Waals surface area contributed by atoms with E-state index in [1.165, 1.54) is 5.69 Å². The van der Waals surface area contributed by atoms with Crippen LogP contribution in [0.2, 0.25) is 0 Å². The number of benzene rings is 2. The Bertz CT molecular complexity index is 1020. The molecule has 0 radical (unpaired) electrons. The third kappa shape index (κ3) is 5.02. The molecule has 0 saturated carbocycles. The average molecular weight is 387 g/mol. The maximum atomic E-state index is 8.93. The third-order valence-electron chi connectivity index (χ3n) is 4.73. The SMILES string of the molecule is CCN(CC)c1ccc(Nc2nc(C)cc(Nc3ccc(C#N)cc3)n2)c(C)c1. The van der Waals surface area contributed by atoms with E-state index in [1.807, 2.05) is 25.1 Å². The zero-order valence-electron chi connectivity index (χ0n) is 17.3. The van der Waals surface area contributed by atoms with Gasteiger partial charge in [0.1, 0.15) is 5.82 Å². The number of nitriles is 1. The molecule has 148 valence electrons. The third-order valence-corrected chi connectivity index (χ3v) is 4.73. The van der Waals surface area contributed by atoms with Gasteiger partial charge in [-0.2, -0.15) is 10.2 Å². The lowest BCUT2D eigenvalue weighted by Crippen LogP contribution is -2.21. The van der Waals surface area contributed by atoms with Crippen molar-refractivity contribution in [1.29, 1.82) is 5.26 Å². The molecule has 0 saturated heterocycles. The maximum Gasteiger partial charge on any atom is 0.229 e. The van der Waals surface area contributed by atoms with Gasteiger partial charge < -0.3 is 15.5 Å². The van der Waals surface area contributed by atoms with E-state index in [-0.39, 0.29) is 0 Å². The Morgan fingerprint density at radius 3 is 2.28 bits per heavy atom. The second kappa shape index (κ2) is 9.07. The lowest BCUT2D eigenvalue weighted by atomic mass is 10.1. The predicted molar refractivity (Wildman–Crippen MR) is 119 cm³/mol. The second-order valence-corrected chi connectivity index (χ2v) is 6.83. The molecule has 1 aromatic heterocycles. The van der Waals surface area contributed by atoms with Crippen LogP contribution in [0.4, 0.5) is 28.8 Å². The fraction of sp³-hybridized carbons (Fsp3) is 0.261. The first-order valence-electron chi connectivity index (χ1n) is 9.78. The van der Waals surface area contributed by atoms with Gasteiger partial charge in [0.15, 0.2) is 0 Å². The Morgan fingerprint density at radius 1 is 0.931 bits per heavy atom. The molecule has 6 heteroatoms. The highest BCUT2D eigenvalue weighted by atomic mass is 15.1. The maximum absolute atomic E-state index is 8.93. The Hall–Kier alpha value is -3.59. The summed E-state index contributed by atoms with van der Waals surface area (Å²) in [5, 5.41) is 15.5. The topological polar surface area (TPSA) is 76.9 Å². The van der Waals surface area contributed by atoms with Crippen LogP contribution in [0.5, 0.6) is 0 Å². The summed E-state index contributed by atoms with van der Waals surface area (Å²) in [6.07, 6.45) is 0. The number of nitrogens with zero attached hydrogens (tertiary/aromatic N) is 4. The van der Waals surface area contributed by atoms with Crippen molar-refractivity contribution in [2.75, 3.05) is 28.6 Å². The summed E-state index contributed by atoms with van der Waals surface area (Å²) in [5.74, 6) is 1.24. The number of anilines is 5. The van der Waals surface area contributed by atoms with Gasteiger partial charge in [0.25, 0.3) is 0 Å². The minimum Gasteiger partial charge on any atom is -0.372 e. The highest BCUT2D eigenvalue weighted by molar-refractivity contribution is 5.65. The predicted octanol–water partition coefficient (Wildman–Crippen LogP) is 5.30. The largest absolute Gasteiger partial charge is 0.372 e. The summed E-state index contributed by atoms with van der Waals surface area (Å²) in [5.41, 5.74) is 5.69. The highest BCUT2D eigenvalue weighted by Gasteiger charge is 2.08. The molecule has 0 amide bonds. The highest BCUT2D eigenvalue weighted by Crippen LogP contribution is 2.25. The van der Waals surface area contributed by atoms with Crippen molar-refractivity contribution in [3.8, 4) is 6.07 Å². The second-order valence-electron chi connectivity index (χ2n) is 6.83. The normalized spacial score (nSPS) is 10.3. The van der Waals surface area contributed by atoms with Crippen LogP contribution in [-0.2, 0) is 0 Å². The van der Waals surface area contributed by atoms with E-state index in [0.29, 0.717) is 17.3 Å². The first-order valence-corrected chi connectivity index (χ1v) is 9.78. The zero-order chi connectivity index (χ0) is 20.8. The number of aryl methyl sites for hydroxylation is 2. The lowest BCUT2D eigenvalue weighted by molar-refractivity contribution is 0.866. The molecule has 0 bridgehead atoms. The molecule has 0 atom stereocenters. The smallest absolute Gasteiger partial charge is 0.229 e. The molecule has 0 unspecified atom stereocenters. The molecule has 0 aliphatic rings. The standard InChI is InChI=1S/C23H26N6/c1-5-29(6-2)20-11-12-21(16(3)13-20)27-23-25-17(4)14-22(28-23)26-19-9-7-18(15-24)8-10-19/h7-14H,5-6H2,1-4H3,(H2,25,26,27,28). The molecule has 0 fully saturated rings. The van der Waals surface area contributed by atoms with E-state index >= 15 is 0 Å². The van der Waals surface area contributed by atoms with Crippen molar-refractivity contribution >= 4 is 28.8 Å². The van der Waals surface area contributed by atoms with Crippen LogP contribution in [0.15, 0.2) is 48.5 Å². The first-order chi connectivity index (χ1) is 14.0. The summed E-state index contributed by atoms with van der Waals surface area (Å²) in [7, 11) is 0. The van der Waals surface area contributed by atoms with Crippen LogP contribution in [0.25, 0.3) is 0 Å². The number of hydrogen-bond donors (Lipinski definition) is 2. The molecule has 3 rings (SSSR count). The summed E-state index contributed by atoms with van der Waals surface area (Å²) in [6, 6.07) is 17.7. The summed E-state index contributed by atoms with van der Waals surface area (Å²) < 4.78 is 0. The quantitative estimate of drug-likeness (QED) is 0.574. The van der Waals surface area contributed by atoms with Crippen molar-refractivity contribution in [2.24, 2.45) is 0 Å². The van der Waals surface area contributed by atoms with Crippen LogP contribution in [0.3, 0.4) is 0 Å². The van der Waals surface area contributed by atoms with Crippen molar-refractivity contribution < 1.29 is 0 Å². The summed E-state index contributed by atoms with van der Waals surface area (Å²) in [6.45, 7) is 10.3. The van der Waals surface area contributed by atoms with E-state index in [0.717, 1.165) is 35.7 Å². The van der Waals surface area contributed by atoms with Crippen molar-refractivity contribution in [1.82, 2.24) is 9.97 Å². The Morgan fingerprint density at radius 2 is 1.66 bits per heavy atom. The molecular weight excluding hydrogens is 360 g/mol. The molecule has 2 aromatic carbocycles. The van der Waals surface area contributed by atoms with Gasteiger partial charge in [0.2, 0.25) is 5.95 Å². The van der Waals surface area contributed by atoms with Crippen molar-refractivity contribution in [3.63, 3.8) is 0 Å². The number of aromatic nitrogens is 2. The molecule has 29 heavy (non-hydrogen) atoms. The molecule has 0 spiro atoms. The molecule has 3 aromatic rings. The molecule has 0 aliphatic heterocycles. The minimum atomic E-state index is 0.542. The molecule has 1 heterocycles. The summed E-state index contributed by atoms with van der Waals surface area (Å²) in [4.78, 5) is 11.4. The van der Waals surface area contributed by atoms with Crippen LogP contribution in [-0.4, -0.2) is 23.1 Å². The van der Waals surface area contributed by atoms with E-state index < -0.39 is 0 Å². The number of rotatable bonds is 7. The fourth-order valence-electron chi connectivity index (χ4n) is 3.16. The van der Waals surface area contributed by atoms with Gasteiger partial charge in [-0.3, -0.25) is 0 Å². The van der Waals surface area contributed by atoms with E-state index in [4.69, 9.17) is 5.26 Å². The van der Waals surface area contributed by atoms with Crippen LogP contribution in [0.1, 0.15) is 30.7 Å². The minimum absolute atomic E-state index is 0.542. The summed E-state index contributed by atoms with van der Waals surface area (Å²) >= 11 is 0. The monoisotopic (exact) mass is 386 g/mol. The fourth-order valence-corrected chi connectivity index (χ4v) is 3.16. The number of nitrogens with one attached hydrogen (secondary N) is 2. The van der Waals surface area contributed by atoms with Crippen LogP contribution < -0.4 is 15.5 Å². The van der Waals surface area contributed by atoms with Crippen molar-refractivity contribution in [2.45, 2.75) is 27.7 Å². The van der Waals surface area contributed by atoms with E-state index in [9.17, 15) is 0 Å². The van der Waals surface area contributed by atoms with Gasteiger partial charge in [0.05, 0.1) is 11.6 Å². The lowest BCUT2D eigenvalue weighted by Gasteiger charge is -2.22. The average Bonchev–Trinajstić information content (AvgIpc) is 2.71. The van der Waals surface area contributed by atoms with Crippen LogP contribution >= 0.6 is 0 Å². The van der Waals surface area contributed by atoms with Gasteiger partial charge in [-0.15, -0.1) is 0 Å². The zero-order valence-corrected chi connectivity index (χ0v) is 17.3. The van der Waals surface area contributed by atoms with Gasteiger partial charge >= 0.3 is 0 Å². The molecule has 6 nitrogen and oxygen atoms in total. The van der Waals surface area contributed by atoms with Crippen LogP contribution in [0, 0.1) is 25.2 Å². The molecular formula is C23H26N6. The first kappa shape index (κ1) is 20.2. The van der Waals surface area contributed by atoms with Gasteiger partial charge in [-0.1, -0.05) is 0 Å². The Labute approximate surface area is 172 Å². The number of hydrogen-bond acceptors (Lipinski definition) is 6. The van der Waals surface area contributed by atoms with E-state index in [2.05, 4.69) is 70.5 Å². The van der Waals surface area contributed by atoms with Gasteiger partial charge in [0, 0.05) is 41.9 Å². The Kier molecular flexibility index (Phi) is 6.30. The van der Waals surface area contributed by atoms with Gasteiger partial charge in [-0.25, -0.2) is 4.98 Å². The van der Waals surface area contributed by atoms with Gasteiger partial charge in [-0.05, 0) is 75.7 Å². The van der Waals surface area contributed by atoms with E-state index in [1.54, 1.807) is 12.1 Å². The van der Waals surface area contributed by atoms with Crippen molar-refractivity contribution in [3.05, 3.63) is 65.4 Å².